The molecule has 0 aliphatic heterocycles. The van der Waals surface area contributed by atoms with E-state index in [1.807, 2.05) is 0 Å². The van der Waals surface area contributed by atoms with E-state index in [1.54, 1.807) is 25.2 Å². The average molecular weight is 504 g/mol. The van der Waals surface area contributed by atoms with Crippen molar-refractivity contribution >= 4 is 50.4 Å². The molecule has 0 unspecified atom stereocenters. The molecule has 0 spiro atoms. The zero-order valence-electron chi connectivity index (χ0n) is 16.2. The summed E-state index contributed by atoms with van der Waals surface area (Å²) in [6.45, 7) is 0. The maximum atomic E-state index is 13.1. The maximum absolute atomic E-state index is 13.1. The number of aromatic nitrogens is 1. The van der Waals surface area contributed by atoms with Crippen LogP contribution in [0.1, 0.15) is 21.6 Å². The van der Waals surface area contributed by atoms with Crippen molar-refractivity contribution < 1.29 is 26.4 Å². The van der Waals surface area contributed by atoms with Crippen LogP contribution in [0.2, 0.25) is 10.0 Å². The molecule has 3 rings (SSSR count). The molecular formula is C20H14Cl2F3N3O3S. The van der Waals surface area contributed by atoms with Crippen molar-refractivity contribution in [1.29, 1.82) is 0 Å². The van der Waals surface area contributed by atoms with Crippen molar-refractivity contribution in [3.63, 3.8) is 0 Å². The highest BCUT2D eigenvalue weighted by Crippen LogP contribution is 2.36. The van der Waals surface area contributed by atoms with E-state index in [0.717, 1.165) is 24.4 Å². The van der Waals surface area contributed by atoms with Crippen LogP contribution < -0.4 is 10.0 Å². The van der Waals surface area contributed by atoms with Crippen LogP contribution in [0.25, 0.3) is 0 Å². The summed E-state index contributed by atoms with van der Waals surface area (Å²) in [6, 6.07) is 9.74. The van der Waals surface area contributed by atoms with Gasteiger partial charge in [0.05, 0.1) is 26.2 Å². The number of hydrogen-bond acceptors (Lipinski definition) is 5. The summed E-state index contributed by atoms with van der Waals surface area (Å²) in [5.41, 5.74) is -1.22. The van der Waals surface area contributed by atoms with Crippen LogP contribution in [0.5, 0.6) is 0 Å². The summed E-state index contributed by atoms with van der Waals surface area (Å²) in [6.07, 6.45) is -3.71. The van der Waals surface area contributed by atoms with E-state index in [-0.39, 0.29) is 22.0 Å². The SMILES string of the molecule is CNc1ccccc1C(=O)c1ncc(Cl)cc1NS(=O)(=O)c1ccc(Cl)c(C(F)(F)F)c1. The number of hydrogen-bond donors (Lipinski definition) is 2. The van der Waals surface area contributed by atoms with E-state index in [0.29, 0.717) is 11.8 Å². The Morgan fingerprint density at radius 3 is 2.38 bits per heavy atom. The van der Waals surface area contributed by atoms with Crippen molar-refractivity contribution in [2.45, 2.75) is 11.1 Å². The van der Waals surface area contributed by atoms with Gasteiger partial charge in [-0.1, -0.05) is 35.3 Å². The largest absolute Gasteiger partial charge is 0.417 e. The molecule has 0 atom stereocenters. The summed E-state index contributed by atoms with van der Waals surface area (Å²) in [7, 11) is -2.96. The Morgan fingerprint density at radius 2 is 1.72 bits per heavy atom. The monoisotopic (exact) mass is 503 g/mol. The predicted molar refractivity (Wildman–Crippen MR) is 116 cm³/mol. The lowest BCUT2D eigenvalue weighted by atomic mass is 10.0. The molecular weight excluding hydrogens is 490 g/mol. The van der Waals surface area contributed by atoms with E-state index in [9.17, 15) is 26.4 Å². The molecule has 32 heavy (non-hydrogen) atoms. The molecule has 2 N–H and O–H groups in total. The molecule has 0 saturated heterocycles. The molecule has 0 bridgehead atoms. The number of rotatable bonds is 6. The fourth-order valence-electron chi connectivity index (χ4n) is 2.82. The van der Waals surface area contributed by atoms with Crippen molar-refractivity contribution in [3.05, 3.63) is 81.6 Å². The van der Waals surface area contributed by atoms with Crippen molar-refractivity contribution in [3.8, 4) is 0 Å². The van der Waals surface area contributed by atoms with E-state index in [1.165, 1.54) is 6.07 Å². The minimum atomic E-state index is -4.86. The molecule has 3 aromatic rings. The standard InChI is InChI=1S/C20H14Cl2F3N3O3S/c1-26-16-5-3-2-4-13(16)19(29)18-17(8-11(21)10-27-18)28-32(30,31)12-6-7-15(22)14(9-12)20(23,24)25/h2-10,26,28H,1H3. The fraction of sp³-hybridized carbons (Fsp3) is 0.100. The second kappa shape index (κ2) is 8.97. The van der Waals surface area contributed by atoms with Gasteiger partial charge in [-0.3, -0.25) is 9.52 Å². The average Bonchev–Trinajstić information content (AvgIpc) is 2.72. The van der Waals surface area contributed by atoms with Gasteiger partial charge in [-0.2, -0.15) is 13.2 Å². The molecule has 0 amide bonds. The highest BCUT2D eigenvalue weighted by Gasteiger charge is 2.34. The molecule has 2 aromatic carbocycles. The Hall–Kier alpha value is -2.82. The summed E-state index contributed by atoms with van der Waals surface area (Å²) in [5, 5.41) is 2.20. The summed E-state index contributed by atoms with van der Waals surface area (Å²) in [5.74, 6) is -0.628. The van der Waals surface area contributed by atoms with Crippen molar-refractivity contribution in [2.75, 3.05) is 17.1 Å². The van der Waals surface area contributed by atoms with Crippen LogP contribution in [0.3, 0.4) is 0 Å². The number of carbonyl (C=O) groups excluding carboxylic acids is 1. The Kier molecular flexibility index (Phi) is 6.68. The quantitative estimate of drug-likeness (QED) is 0.434. The van der Waals surface area contributed by atoms with Gasteiger partial charge in [0, 0.05) is 24.5 Å². The third kappa shape index (κ3) is 4.98. The van der Waals surface area contributed by atoms with Gasteiger partial charge in [-0.15, -0.1) is 0 Å². The number of alkyl halides is 3. The first-order chi connectivity index (χ1) is 14.9. The van der Waals surface area contributed by atoms with Crippen molar-refractivity contribution in [2.24, 2.45) is 0 Å². The Labute approximate surface area is 191 Å². The normalized spacial score (nSPS) is 11.8. The Morgan fingerprint density at radius 1 is 1.03 bits per heavy atom. The van der Waals surface area contributed by atoms with E-state index in [4.69, 9.17) is 23.2 Å². The number of ketones is 1. The number of halogens is 5. The minimum Gasteiger partial charge on any atom is -0.388 e. The second-order valence-corrected chi connectivity index (χ2v) is 8.95. The summed E-state index contributed by atoms with van der Waals surface area (Å²) < 4.78 is 67.2. The summed E-state index contributed by atoms with van der Waals surface area (Å²) >= 11 is 11.5. The molecule has 1 heterocycles. The van der Waals surface area contributed by atoms with Crippen LogP contribution in [0.4, 0.5) is 24.5 Å². The molecule has 0 saturated carbocycles. The zero-order valence-corrected chi connectivity index (χ0v) is 18.5. The number of benzene rings is 2. The molecule has 0 fully saturated rings. The van der Waals surface area contributed by atoms with Crippen LogP contribution in [-0.2, 0) is 16.2 Å². The lowest BCUT2D eigenvalue weighted by Gasteiger charge is -2.15. The highest BCUT2D eigenvalue weighted by atomic mass is 35.5. The van der Waals surface area contributed by atoms with Gasteiger partial charge in [-0.25, -0.2) is 13.4 Å². The van der Waals surface area contributed by atoms with Crippen LogP contribution in [0, 0.1) is 0 Å². The lowest BCUT2D eigenvalue weighted by molar-refractivity contribution is -0.137. The third-order valence-electron chi connectivity index (χ3n) is 4.31. The lowest BCUT2D eigenvalue weighted by Crippen LogP contribution is -2.18. The first-order valence-corrected chi connectivity index (χ1v) is 11.0. The second-order valence-electron chi connectivity index (χ2n) is 6.42. The van der Waals surface area contributed by atoms with E-state index < -0.39 is 37.5 Å². The first-order valence-electron chi connectivity index (χ1n) is 8.80. The molecule has 12 heteroatoms. The third-order valence-corrected chi connectivity index (χ3v) is 6.21. The number of sulfonamides is 1. The first kappa shape index (κ1) is 23.8. The molecule has 0 aliphatic carbocycles. The zero-order chi connectivity index (χ0) is 23.7. The number of para-hydroxylation sites is 1. The highest BCUT2D eigenvalue weighted by molar-refractivity contribution is 7.92. The molecule has 0 aliphatic rings. The molecule has 6 nitrogen and oxygen atoms in total. The van der Waals surface area contributed by atoms with Crippen LogP contribution in [-0.4, -0.2) is 26.2 Å². The molecule has 0 radical (unpaired) electrons. The summed E-state index contributed by atoms with van der Waals surface area (Å²) in [4.78, 5) is 16.3. The number of nitrogens with one attached hydrogen (secondary N) is 2. The fourth-order valence-corrected chi connectivity index (χ4v) is 4.28. The Balaban J connectivity index is 2.07. The van der Waals surface area contributed by atoms with Crippen LogP contribution in [0.15, 0.2) is 59.6 Å². The van der Waals surface area contributed by atoms with Gasteiger partial charge < -0.3 is 5.32 Å². The maximum Gasteiger partial charge on any atom is 0.417 e. The van der Waals surface area contributed by atoms with E-state index >= 15 is 0 Å². The predicted octanol–water partition coefficient (Wildman–Crippen LogP) is 5.48. The number of anilines is 2. The van der Waals surface area contributed by atoms with Gasteiger partial charge in [0.1, 0.15) is 5.69 Å². The number of pyridine rings is 1. The van der Waals surface area contributed by atoms with Gasteiger partial charge in [0.15, 0.2) is 0 Å². The van der Waals surface area contributed by atoms with Gasteiger partial charge in [0.25, 0.3) is 10.0 Å². The molecule has 1 aromatic heterocycles. The number of carbonyl (C=O) groups is 1. The Bertz CT molecular complexity index is 1300. The van der Waals surface area contributed by atoms with Gasteiger partial charge in [-0.05, 0) is 36.4 Å². The van der Waals surface area contributed by atoms with E-state index in [2.05, 4.69) is 15.0 Å². The van der Waals surface area contributed by atoms with Gasteiger partial charge >= 0.3 is 6.18 Å². The van der Waals surface area contributed by atoms with Crippen LogP contribution >= 0.6 is 23.2 Å². The minimum absolute atomic E-state index is 0.00763. The van der Waals surface area contributed by atoms with Crippen molar-refractivity contribution in [1.82, 2.24) is 4.98 Å². The topological polar surface area (TPSA) is 88.2 Å². The number of nitrogens with zero attached hydrogens (tertiary/aromatic N) is 1. The smallest absolute Gasteiger partial charge is 0.388 e. The van der Waals surface area contributed by atoms with Gasteiger partial charge in [0.2, 0.25) is 5.78 Å². The molecule has 168 valence electrons.